The monoisotopic (exact) mass is 270 g/mol. The third-order valence-corrected chi connectivity index (χ3v) is 2.84. The van der Waals surface area contributed by atoms with E-state index in [0.29, 0.717) is 18.8 Å². The minimum absolute atomic E-state index is 0.00186. The number of ether oxygens (including phenoxy) is 1. The zero-order valence-electron chi connectivity index (χ0n) is 10.4. The van der Waals surface area contributed by atoms with Gasteiger partial charge in [-0.2, -0.15) is 0 Å². The average Bonchev–Trinajstić information content (AvgIpc) is 2.36. The van der Waals surface area contributed by atoms with Gasteiger partial charge in [-0.1, -0.05) is 0 Å². The van der Waals surface area contributed by atoms with Gasteiger partial charge in [0, 0.05) is 31.6 Å². The van der Waals surface area contributed by atoms with Gasteiger partial charge in [0.2, 0.25) is 5.91 Å². The summed E-state index contributed by atoms with van der Waals surface area (Å²) in [5.41, 5.74) is 0.402. The van der Waals surface area contributed by atoms with Crippen LogP contribution in [0.5, 0.6) is 0 Å². The van der Waals surface area contributed by atoms with E-state index in [9.17, 15) is 13.6 Å². The van der Waals surface area contributed by atoms with Crippen LogP contribution in [0.1, 0.15) is 12.0 Å². The number of nitrogens with one attached hydrogen (secondary N) is 2. The molecule has 0 bridgehead atoms. The summed E-state index contributed by atoms with van der Waals surface area (Å²) < 4.78 is 31.1. The molecule has 1 unspecified atom stereocenters. The molecule has 2 rings (SSSR count). The Bertz CT molecular complexity index is 428. The predicted molar refractivity (Wildman–Crippen MR) is 65.4 cm³/mol. The van der Waals surface area contributed by atoms with Crippen molar-refractivity contribution in [1.82, 2.24) is 10.6 Å². The van der Waals surface area contributed by atoms with Gasteiger partial charge in [0.15, 0.2) is 0 Å². The van der Waals surface area contributed by atoms with Crippen molar-refractivity contribution in [3.8, 4) is 0 Å². The minimum Gasteiger partial charge on any atom is -0.378 e. The van der Waals surface area contributed by atoms with Crippen molar-refractivity contribution in [3.63, 3.8) is 0 Å². The fourth-order valence-corrected chi connectivity index (χ4v) is 1.96. The molecule has 6 heteroatoms. The molecule has 0 aliphatic carbocycles. The number of carbonyl (C=O) groups is 1. The number of carbonyl (C=O) groups excluding carboxylic acids is 1. The van der Waals surface area contributed by atoms with Crippen molar-refractivity contribution in [3.05, 3.63) is 35.4 Å². The normalized spacial score (nSPS) is 19.2. The van der Waals surface area contributed by atoms with E-state index in [-0.39, 0.29) is 24.9 Å². The molecule has 1 atom stereocenters. The predicted octanol–water partition coefficient (Wildman–Crippen LogP) is 0.960. The molecule has 1 fully saturated rings. The van der Waals surface area contributed by atoms with Gasteiger partial charge >= 0.3 is 0 Å². The Labute approximate surface area is 110 Å². The van der Waals surface area contributed by atoms with Crippen LogP contribution in [-0.2, 0) is 16.1 Å². The standard InChI is InChI=1S/C13H16F2N2O2/c14-10-3-9(4-11(15)5-10)7-17-13(18)6-12-8-19-2-1-16-12/h3-5,12,16H,1-2,6-8H2,(H,17,18). The Balaban J connectivity index is 1.79. The number of amides is 1. The zero-order valence-corrected chi connectivity index (χ0v) is 10.4. The smallest absolute Gasteiger partial charge is 0.221 e. The Morgan fingerprint density at radius 3 is 2.74 bits per heavy atom. The molecule has 1 aliphatic heterocycles. The quantitative estimate of drug-likeness (QED) is 0.857. The summed E-state index contributed by atoms with van der Waals surface area (Å²) in [6, 6.07) is 3.20. The molecule has 104 valence electrons. The van der Waals surface area contributed by atoms with Crippen molar-refractivity contribution in [2.24, 2.45) is 0 Å². The highest BCUT2D eigenvalue weighted by atomic mass is 19.1. The molecule has 0 saturated carbocycles. The van der Waals surface area contributed by atoms with E-state index in [1.165, 1.54) is 12.1 Å². The van der Waals surface area contributed by atoms with E-state index in [1.54, 1.807) is 0 Å². The molecule has 1 aromatic carbocycles. The molecule has 1 heterocycles. The van der Waals surface area contributed by atoms with E-state index < -0.39 is 11.6 Å². The molecule has 1 amide bonds. The molecule has 0 radical (unpaired) electrons. The fraction of sp³-hybridized carbons (Fsp3) is 0.462. The van der Waals surface area contributed by atoms with Crippen LogP contribution in [0.25, 0.3) is 0 Å². The molecule has 0 aromatic heterocycles. The Kier molecular flexibility index (Phi) is 4.81. The van der Waals surface area contributed by atoms with Crippen LogP contribution in [0.2, 0.25) is 0 Å². The van der Waals surface area contributed by atoms with E-state index in [0.717, 1.165) is 12.6 Å². The summed E-state index contributed by atoms with van der Waals surface area (Å²) in [5.74, 6) is -1.47. The SMILES string of the molecule is O=C(CC1COCCN1)NCc1cc(F)cc(F)c1. The molecule has 1 aromatic rings. The van der Waals surface area contributed by atoms with Crippen LogP contribution in [0.4, 0.5) is 8.78 Å². The maximum Gasteiger partial charge on any atom is 0.221 e. The van der Waals surface area contributed by atoms with Crippen molar-refractivity contribution in [2.75, 3.05) is 19.8 Å². The van der Waals surface area contributed by atoms with Crippen molar-refractivity contribution >= 4 is 5.91 Å². The van der Waals surface area contributed by atoms with E-state index in [1.807, 2.05) is 0 Å². The lowest BCUT2D eigenvalue weighted by Crippen LogP contribution is -2.44. The Morgan fingerprint density at radius 1 is 1.37 bits per heavy atom. The summed E-state index contributed by atoms with van der Waals surface area (Å²) in [5, 5.41) is 5.79. The van der Waals surface area contributed by atoms with Gasteiger partial charge < -0.3 is 15.4 Å². The summed E-state index contributed by atoms with van der Waals surface area (Å²) in [6.45, 7) is 2.00. The number of morpholine rings is 1. The Hall–Kier alpha value is -1.53. The summed E-state index contributed by atoms with van der Waals surface area (Å²) in [7, 11) is 0. The van der Waals surface area contributed by atoms with Crippen LogP contribution in [-0.4, -0.2) is 31.7 Å². The molecule has 4 nitrogen and oxygen atoms in total. The van der Waals surface area contributed by atoms with Crippen LogP contribution in [0, 0.1) is 11.6 Å². The molecule has 19 heavy (non-hydrogen) atoms. The maximum absolute atomic E-state index is 12.9. The molecular weight excluding hydrogens is 254 g/mol. The van der Waals surface area contributed by atoms with Crippen molar-refractivity contribution in [1.29, 1.82) is 0 Å². The Morgan fingerprint density at radius 2 is 2.11 bits per heavy atom. The van der Waals surface area contributed by atoms with Gasteiger partial charge in [-0.15, -0.1) is 0 Å². The molecule has 1 saturated heterocycles. The van der Waals surface area contributed by atoms with E-state index >= 15 is 0 Å². The maximum atomic E-state index is 12.9. The minimum atomic E-state index is -0.647. The second-order valence-electron chi connectivity index (χ2n) is 4.48. The number of rotatable bonds is 4. The first-order valence-corrected chi connectivity index (χ1v) is 6.16. The molecule has 1 aliphatic rings. The van der Waals surface area contributed by atoms with Crippen LogP contribution >= 0.6 is 0 Å². The second kappa shape index (κ2) is 6.58. The lowest BCUT2D eigenvalue weighted by Gasteiger charge is -2.23. The highest BCUT2D eigenvalue weighted by molar-refractivity contribution is 5.76. The van der Waals surface area contributed by atoms with Crippen LogP contribution < -0.4 is 10.6 Å². The highest BCUT2D eigenvalue weighted by Crippen LogP contribution is 2.08. The second-order valence-corrected chi connectivity index (χ2v) is 4.48. The topological polar surface area (TPSA) is 50.4 Å². The number of hydrogen-bond donors (Lipinski definition) is 2. The number of halogens is 2. The van der Waals surface area contributed by atoms with Crippen LogP contribution in [0.15, 0.2) is 18.2 Å². The fourth-order valence-electron chi connectivity index (χ4n) is 1.96. The van der Waals surface area contributed by atoms with E-state index in [2.05, 4.69) is 10.6 Å². The highest BCUT2D eigenvalue weighted by Gasteiger charge is 2.16. The van der Waals surface area contributed by atoms with Gasteiger partial charge in [0.1, 0.15) is 11.6 Å². The average molecular weight is 270 g/mol. The lowest BCUT2D eigenvalue weighted by molar-refractivity contribution is -0.122. The molecule has 0 spiro atoms. The van der Waals surface area contributed by atoms with Gasteiger partial charge in [0.25, 0.3) is 0 Å². The van der Waals surface area contributed by atoms with Crippen LogP contribution in [0.3, 0.4) is 0 Å². The van der Waals surface area contributed by atoms with Gasteiger partial charge in [0.05, 0.1) is 13.2 Å². The number of benzene rings is 1. The molecule has 2 N–H and O–H groups in total. The lowest BCUT2D eigenvalue weighted by atomic mass is 10.1. The largest absolute Gasteiger partial charge is 0.378 e. The third-order valence-electron chi connectivity index (χ3n) is 2.84. The van der Waals surface area contributed by atoms with Gasteiger partial charge in [-0.3, -0.25) is 4.79 Å². The first-order chi connectivity index (χ1) is 9.13. The zero-order chi connectivity index (χ0) is 13.7. The first-order valence-electron chi connectivity index (χ1n) is 6.16. The summed E-state index contributed by atoms with van der Waals surface area (Å²) in [4.78, 5) is 11.7. The van der Waals surface area contributed by atoms with E-state index in [4.69, 9.17) is 4.74 Å². The van der Waals surface area contributed by atoms with Gasteiger partial charge in [-0.25, -0.2) is 8.78 Å². The van der Waals surface area contributed by atoms with Crippen molar-refractivity contribution < 1.29 is 18.3 Å². The summed E-state index contributed by atoms with van der Waals surface area (Å²) in [6.07, 6.45) is 0.289. The van der Waals surface area contributed by atoms with Crippen molar-refractivity contribution in [2.45, 2.75) is 19.0 Å². The number of hydrogen-bond acceptors (Lipinski definition) is 3. The first kappa shape index (κ1) is 13.9. The summed E-state index contributed by atoms with van der Waals surface area (Å²) >= 11 is 0. The van der Waals surface area contributed by atoms with Gasteiger partial charge in [-0.05, 0) is 17.7 Å². The third kappa shape index (κ3) is 4.57. The molecular formula is C13H16F2N2O2.